The van der Waals surface area contributed by atoms with Crippen LogP contribution < -0.4 is 5.32 Å². The number of nitrogens with zero attached hydrogens (tertiary/aromatic N) is 2. The van der Waals surface area contributed by atoms with Crippen LogP contribution in [0, 0.1) is 11.7 Å². The second-order valence-electron chi connectivity index (χ2n) is 5.50. The van der Waals surface area contributed by atoms with E-state index in [-0.39, 0.29) is 11.9 Å². The maximum absolute atomic E-state index is 13.1. The van der Waals surface area contributed by atoms with Crippen LogP contribution in [0.5, 0.6) is 0 Å². The van der Waals surface area contributed by atoms with Gasteiger partial charge in [0.25, 0.3) is 0 Å². The van der Waals surface area contributed by atoms with Crippen LogP contribution in [0.4, 0.5) is 10.1 Å². The predicted octanol–water partition coefficient (Wildman–Crippen LogP) is 3.23. The van der Waals surface area contributed by atoms with E-state index >= 15 is 0 Å². The van der Waals surface area contributed by atoms with Gasteiger partial charge in [0, 0.05) is 13.3 Å². The standard InChI is InChI=1S/C16H20FN3O/c1-21-9-8-20-11-15(10-18-20)19-16(12-2-3-12)13-4-6-14(17)7-5-13/h4-7,10-12,16,19H,2-3,8-9H2,1H3. The highest BCUT2D eigenvalue weighted by molar-refractivity contribution is 5.42. The Kier molecular flexibility index (Phi) is 4.20. The number of aromatic nitrogens is 2. The molecule has 1 heterocycles. The van der Waals surface area contributed by atoms with Crippen molar-refractivity contribution in [3.63, 3.8) is 0 Å². The fourth-order valence-electron chi connectivity index (χ4n) is 2.50. The van der Waals surface area contributed by atoms with Crippen molar-refractivity contribution in [3.05, 3.63) is 48.0 Å². The molecule has 0 spiro atoms. The molecule has 0 saturated heterocycles. The van der Waals surface area contributed by atoms with Crippen LogP contribution >= 0.6 is 0 Å². The van der Waals surface area contributed by atoms with Crippen LogP contribution in [0.3, 0.4) is 0 Å². The molecule has 5 heteroatoms. The lowest BCUT2D eigenvalue weighted by Gasteiger charge is -2.18. The molecule has 21 heavy (non-hydrogen) atoms. The Morgan fingerprint density at radius 2 is 2.14 bits per heavy atom. The van der Waals surface area contributed by atoms with E-state index in [0.717, 1.165) is 17.8 Å². The molecule has 0 radical (unpaired) electrons. The smallest absolute Gasteiger partial charge is 0.123 e. The number of hydrogen-bond acceptors (Lipinski definition) is 3. The van der Waals surface area contributed by atoms with Crippen molar-refractivity contribution >= 4 is 5.69 Å². The normalized spacial score (nSPS) is 15.9. The van der Waals surface area contributed by atoms with Gasteiger partial charge in [0.05, 0.1) is 31.1 Å². The quantitative estimate of drug-likeness (QED) is 0.850. The van der Waals surface area contributed by atoms with Crippen LogP contribution in [0.2, 0.25) is 0 Å². The first kappa shape index (κ1) is 14.1. The van der Waals surface area contributed by atoms with E-state index in [1.54, 1.807) is 7.11 Å². The zero-order valence-corrected chi connectivity index (χ0v) is 12.1. The number of ether oxygens (including phenoxy) is 1. The minimum absolute atomic E-state index is 0.194. The van der Waals surface area contributed by atoms with Gasteiger partial charge in [0.2, 0.25) is 0 Å². The third-order valence-corrected chi connectivity index (χ3v) is 3.80. The lowest BCUT2D eigenvalue weighted by molar-refractivity contribution is 0.183. The van der Waals surface area contributed by atoms with E-state index in [0.29, 0.717) is 12.5 Å². The lowest BCUT2D eigenvalue weighted by atomic mass is 10.0. The van der Waals surface area contributed by atoms with Gasteiger partial charge in [-0.15, -0.1) is 0 Å². The van der Waals surface area contributed by atoms with Crippen molar-refractivity contribution in [1.82, 2.24) is 9.78 Å². The summed E-state index contributed by atoms with van der Waals surface area (Å²) in [7, 11) is 1.68. The van der Waals surface area contributed by atoms with Gasteiger partial charge in [0.1, 0.15) is 5.82 Å². The molecule has 0 bridgehead atoms. The summed E-state index contributed by atoms with van der Waals surface area (Å²) < 4.78 is 20.0. The molecule has 1 aromatic heterocycles. The van der Waals surface area contributed by atoms with Gasteiger partial charge in [0.15, 0.2) is 0 Å². The fraction of sp³-hybridized carbons (Fsp3) is 0.438. The summed E-state index contributed by atoms with van der Waals surface area (Å²) in [5.74, 6) is 0.429. The Balaban J connectivity index is 1.70. The second kappa shape index (κ2) is 6.26. The first-order chi connectivity index (χ1) is 10.3. The van der Waals surface area contributed by atoms with Gasteiger partial charge in [-0.25, -0.2) is 4.39 Å². The third-order valence-electron chi connectivity index (χ3n) is 3.80. The number of rotatable bonds is 7. The van der Waals surface area contributed by atoms with Gasteiger partial charge in [-0.2, -0.15) is 5.10 Å². The highest BCUT2D eigenvalue weighted by Crippen LogP contribution is 2.42. The molecule has 1 aliphatic carbocycles. The Morgan fingerprint density at radius 1 is 1.38 bits per heavy atom. The highest BCUT2D eigenvalue weighted by atomic mass is 19.1. The van der Waals surface area contributed by atoms with Crippen molar-refractivity contribution in [3.8, 4) is 0 Å². The first-order valence-electron chi connectivity index (χ1n) is 7.29. The maximum atomic E-state index is 13.1. The average molecular weight is 289 g/mol. The molecule has 1 atom stereocenters. The first-order valence-corrected chi connectivity index (χ1v) is 7.29. The van der Waals surface area contributed by atoms with Gasteiger partial charge < -0.3 is 10.1 Å². The minimum atomic E-state index is -0.194. The second-order valence-corrected chi connectivity index (χ2v) is 5.50. The summed E-state index contributed by atoms with van der Waals surface area (Å²) in [5.41, 5.74) is 2.12. The molecule has 1 aliphatic rings. The maximum Gasteiger partial charge on any atom is 0.123 e. The SMILES string of the molecule is COCCn1cc(NC(c2ccc(F)cc2)C2CC2)cn1. The fourth-order valence-corrected chi connectivity index (χ4v) is 2.50. The number of halogens is 1. The van der Waals surface area contributed by atoms with Gasteiger partial charge >= 0.3 is 0 Å². The van der Waals surface area contributed by atoms with Crippen molar-refractivity contribution < 1.29 is 9.13 Å². The average Bonchev–Trinajstić information content (AvgIpc) is 3.24. The topological polar surface area (TPSA) is 39.1 Å². The zero-order chi connectivity index (χ0) is 14.7. The van der Waals surface area contributed by atoms with E-state index < -0.39 is 0 Å². The van der Waals surface area contributed by atoms with Gasteiger partial charge in [-0.3, -0.25) is 4.68 Å². The van der Waals surface area contributed by atoms with Gasteiger partial charge in [-0.1, -0.05) is 12.1 Å². The number of methoxy groups -OCH3 is 1. The molecule has 4 nitrogen and oxygen atoms in total. The lowest BCUT2D eigenvalue weighted by Crippen LogP contribution is -2.12. The largest absolute Gasteiger partial charge is 0.383 e. The molecule has 1 aromatic carbocycles. The molecule has 3 rings (SSSR count). The number of hydrogen-bond donors (Lipinski definition) is 1. The number of nitrogens with one attached hydrogen (secondary N) is 1. The summed E-state index contributed by atoms with van der Waals surface area (Å²) in [6, 6.07) is 7.00. The van der Waals surface area contributed by atoms with Crippen LogP contribution in [0.25, 0.3) is 0 Å². The summed E-state index contributed by atoms with van der Waals surface area (Å²) in [6.07, 6.45) is 6.24. The third kappa shape index (κ3) is 3.61. The van der Waals surface area contributed by atoms with Crippen LogP contribution in [0.15, 0.2) is 36.7 Å². The number of anilines is 1. The Morgan fingerprint density at radius 3 is 2.81 bits per heavy atom. The number of benzene rings is 1. The summed E-state index contributed by atoms with van der Waals surface area (Å²) in [5, 5.41) is 7.84. The van der Waals surface area contributed by atoms with Gasteiger partial charge in [-0.05, 0) is 36.5 Å². The Hall–Kier alpha value is -1.88. The zero-order valence-electron chi connectivity index (χ0n) is 12.1. The van der Waals surface area contributed by atoms with Crippen LogP contribution in [0.1, 0.15) is 24.4 Å². The molecular weight excluding hydrogens is 269 g/mol. The van der Waals surface area contributed by atoms with E-state index in [4.69, 9.17) is 4.74 Å². The van der Waals surface area contributed by atoms with E-state index in [2.05, 4.69) is 10.4 Å². The molecule has 1 N–H and O–H groups in total. The van der Waals surface area contributed by atoms with Crippen molar-refractivity contribution in [2.75, 3.05) is 19.0 Å². The van der Waals surface area contributed by atoms with Crippen molar-refractivity contribution in [2.45, 2.75) is 25.4 Å². The van der Waals surface area contributed by atoms with E-state index in [1.165, 1.54) is 25.0 Å². The molecule has 0 aliphatic heterocycles. The van der Waals surface area contributed by atoms with Crippen LogP contribution in [-0.2, 0) is 11.3 Å². The minimum Gasteiger partial charge on any atom is -0.383 e. The van der Waals surface area contributed by atoms with E-state index in [9.17, 15) is 4.39 Å². The molecular formula is C16H20FN3O. The molecule has 1 saturated carbocycles. The van der Waals surface area contributed by atoms with Crippen LogP contribution in [-0.4, -0.2) is 23.5 Å². The predicted molar refractivity (Wildman–Crippen MR) is 79.6 cm³/mol. The summed E-state index contributed by atoms with van der Waals surface area (Å²) >= 11 is 0. The Bertz CT molecular complexity index is 577. The van der Waals surface area contributed by atoms with E-state index in [1.807, 2.05) is 29.2 Å². The summed E-state index contributed by atoms with van der Waals surface area (Å²) in [6.45, 7) is 1.38. The molecule has 1 unspecified atom stereocenters. The molecule has 0 amide bonds. The summed E-state index contributed by atoms with van der Waals surface area (Å²) in [4.78, 5) is 0. The molecule has 2 aromatic rings. The Labute approximate surface area is 123 Å². The molecule has 112 valence electrons. The highest BCUT2D eigenvalue weighted by Gasteiger charge is 2.32. The van der Waals surface area contributed by atoms with Crippen molar-refractivity contribution in [1.29, 1.82) is 0 Å². The monoisotopic (exact) mass is 289 g/mol. The van der Waals surface area contributed by atoms with Crippen molar-refractivity contribution in [2.24, 2.45) is 5.92 Å². The molecule has 1 fully saturated rings.